The molecule has 68 valence electrons. The Labute approximate surface area is 77.4 Å². The summed E-state index contributed by atoms with van der Waals surface area (Å²) in [7, 11) is 0. The van der Waals surface area contributed by atoms with E-state index in [4.69, 9.17) is 5.26 Å². The lowest BCUT2D eigenvalue weighted by molar-refractivity contribution is -0.139. The van der Waals surface area contributed by atoms with E-state index >= 15 is 0 Å². The number of nitrogens with zero attached hydrogens (tertiary/aromatic N) is 2. The van der Waals surface area contributed by atoms with Crippen LogP contribution in [0, 0.1) is 11.3 Å². The second kappa shape index (κ2) is 3.26. The summed E-state index contributed by atoms with van der Waals surface area (Å²) in [4.78, 5) is 3.15. The molecule has 0 aliphatic heterocycles. The summed E-state index contributed by atoms with van der Waals surface area (Å²) >= 11 is 3.59. The van der Waals surface area contributed by atoms with E-state index in [1.807, 2.05) is 0 Å². The van der Waals surface area contributed by atoms with Crippen molar-refractivity contribution in [3.63, 3.8) is 0 Å². The minimum absolute atomic E-state index is 0.273. The summed E-state index contributed by atoms with van der Waals surface area (Å²) in [5, 5.41) is 8.31. The van der Waals surface area contributed by atoms with E-state index in [2.05, 4.69) is 17.6 Å². The highest BCUT2D eigenvalue weighted by atomic mass is 32.1. The number of thiol groups is 1. The smallest absolute Gasteiger partial charge is 0.244 e. The van der Waals surface area contributed by atoms with Gasteiger partial charge in [-0.3, -0.25) is 0 Å². The van der Waals surface area contributed by atoms with E-state index in [9.17, 15) is 13.2 Å². The number of rotatable bonds is 0. The summed E-state index contributed by atoms with van der Waals surface area (Å²) in [6.45, 7) is 0. The second-order valence-corrected chi connectivity index (χ2v) is 2.68. The van der Waals surface area contributed by atoms with E-state index < -0.39 is 11.7 Å². The fourth-order valence-electron chi connectivity index (χ4n) is 0.736. The number of alkyl halides is 3. The van der Waals surface area contributed by atoms with Crippen LogP contribution in [0.3, 0.4) is 0 Å². The summed E-state index contributed by atoms with van der Waals surface area (Å²) < 4.78 is 36.5. The van der Waals surface area contributed by atoms with Crippen LogP contribution < -0.4 is 0 Å². The lowest BCUT2D eigenvalue weighted by Crippen LogP contribution is -2.07. The number of aromatic nitrogens is 1. The first-order valence-corrected chi connectivity index (χ1v) is 3.56. The van der Waals surface area contributed by atoms with Crippen LogP contribution in [-0.4, -0.2) is 4.98 Å². The number of pyridine rings is 1. The van der Waals surface area contributed by atoms with Gasteiger partial charge in [0.15, 0.2) is 0 Å². The molecule has 0 unspecified atom stereocenters. The molecule has 0 bridgehead atoms. The van der Waals surface area contributed by atoms with Crippen LogP contribution >= 0.6 is 12.6 Å². The lowest BCUT2D eigenvalue weighted by Gasteiger charge is -2.08. The van der Waals surface area contributed by atoms with Crippen LogP contribution in [0.2, 0.25) is 0 Å². The van der Waals surface area contributed by atoms with Crippen LogP contribution in [0.1, 0.15) is 11.3 Å². The third kappa shape index (κ3) is 2.12. The molecule has 0 spiro atoms. The molecule has 0 N–H and O–H groups in total. The van der Waals surface area contributed by atoms with Gasteiger partial charge in [0.05, 0.1) is 5.56 Å². The SMILES string of the molecule is N#Cc1cc(C(F)(F)F)c(S)cn1. The number of hydrogen-bond donors (Lipinski definition) is 1. The summed E-state index contributed by atoms with van der Waals surface area (Å²) in [6.07, 6.45) is -3.59. The van der Waals surface area contributed by atoms with Crippen LogP contribution in [0.25, 0.3) is 0 Å². The van der Waals surface area contributed by atoms with Crippen molar-refractivity contribution in [2.45, 2.75) is 11.1 Å². The van der Waals surface area contributed by atoms with Crippen molar-refractivity contribution in [2.24, 2.45) is 0 Å². The summed E-state index contributed by atoms with van der Waals surface area (Å²) in [5.41, 5.74) is -1.22. The van der Waals surface area contributed by atoms with E-state index in [-0.39, 0.29) is 10.6 Å². The van der Waals surface area contributed by atoms with Gasteiger partial charge in [0.1, 0.15) is 11.8 Å². The maximum atomic E-state index is 12.2. The largest absolute Gasteiger partial charge is 0.417 e. The molecule has 0 aromatic carbocycles. The van der Waals surface area contributed by atoms with Crippen molar-refractivity contribution in [1.82, 2.24) is 4.98 Å². The molecule has 0 amide bonds. The van der Waals surface area contributed by atoms with Crippen LogP contribution in [0.15, 0.2) is 17.2 Å². The second-order valence-electron chi connectivity index (χ2n) is 2.20. The topological polar surface area (TPSA) is 36.7 Å². The van der Waals surface area contributed by atoms with Gasteiger partial charge in [0.25, 0.3) is 0 Å². The minimum Gasteiger partial charge on any atom is -0.244 e. The van der Waals surface area contributed by atoms with Gasteiger partial charge < -0.3 is 0 Å². The van der Waals surface area contributed by atoms with Gasteiger partial charge in [-0.25, -0.2) is 4.98 Å². The predicted molar refractivity (Wildman–Crippen MR) is 41.2 cm³/mol. The molecular formula is C7H3F3N2S. The highest BCUT2D eigenvalue weighted by Crippen LogP contribution is 2.33. The fourth-order valence-corrected chi connectivity index (χ4v) is 0.985. The molecule has 2 nitrogen and oxygen atoms in total. The third-order valence-electron chi connectivity index (χ3n) is 1.30. The first kappa shape index (κ1) is 9.86. The Balaban J connectivity index is 3.29. The molecule has 0 fully saturated rings. The fraction of sp³-hybridized carbons (Fsp3) is 0.143. The summed E-state index contributed by atoms with van der Waals surface area (Å²) in [5.74, 6) is 0. The number of hydrogen-bond acceptors (Lipinski definition) is 3. The molecule has 0 saturated carbocycles. The molecule has 0 radical (unpaired) electrons. The quantitative estimate of drug-likeness (QED) is 0.658. The molecule has 1 aromatic heterocycles. The molecule has 0 atom stereocenters. The van der Waals surface area contributed by atoms with Crippen molar-refractivity contribution >= 4 is 12.6 Å². The van der Waals surface area contributed by atoms with Crippen LogP contribution in [-0.2, 0) is 6.18 Å². The van der Waals surface area contributed by atoms with Crippen molar-refractivity contribution in [2.75, 3.05) is 0 Å². The molecule has 6 heteroatoms. The van der Waals surface area contributed by atoms with Crippen molar-refractivity contribution in [3.05, 3.63) is 23.5 Å². The Morgan fingerprint density at radius 3 is 2.54 bits per heavy atom. The third-order valence-corrected chi connectivity index (χ3v) is 1.66. The molecular weight excluding hydrogens is 201 g/mol. The Morgan fingerprint density at radius 1 is 1.46 bits per heavy atom. The Morgan fingerprint density at radius 2 is 2.08 bits per heavy atom. The monoisotopic (exact) mass is 204 g/mol. The van der Waals surface area contributed by atoms with E-state index in [0.717, 1.165) is 6.20 Å². The standard InChI is InChI=1S/C7H3F3N2S/c8-7(9,10)5-1-4(2-11)12-3-6(5)13/h1,3,13H. The molecule has 1 aromatic rings. The van der Waals surface area contributed by atoms with E-state index in [1.54, 1.807) is 0 Å². The van der Waals surface area contributed by atoms with Gasteiger partial charge in [-0.05, 0) is 6.07 Å². The molecule has 1 heterocycles. The Kier molecular flexibility index (Phi) is 2.48. The predicted octanol–water partition coefficient (Wildman–Crippen LogP) is 2.26. The minimum atomic E-state index is -4.49. The highest BCUT2D eigenvalue weighted by molar-refractivity contribution is 7.80. The maximum Gasteiger partial charge on any atom is 0.417 e. The Bertz CT molecular complexity index is 367. The van der Waals surface area contributed by atoms with Gasteiger partial charge in [-0.1, -0.05) is 0 Å². The molecule has 0 saturated heterocycles. The van der Waals surface area contributed by atoms with Gasteiger partial charge >= 0.3 is 6.18 Å². The highest BCUT2D eigenvalue weighted by Gasteiger charge is 2.33. The zero-order chi connectivity index (χ0) is 10.1. The lowest BCUT2D eigenvalue weighted by atomic mass is 10.2. The number of halogens is 3. The van der Waals surface area contributed by atoms with E-state index in [0.29, 0.717) is 6.07 Å². The van der Waals surface area contributed by atoms with Gasteiger partial charge in [0, 0.05) is 11.1 Å². The number of nitriles is 1. The van der Waals surface area contributed by atoms with Crippen LogP contribution in [0.4, 0.5) is 13.2 Å². The van der Waals surface area contributed by atoms with Crippen molar-refractivity contribution < 1.29 is 13.2 Å². The van der Waals surface area contributed by atoms with Crippen LogP contribution in [0.5, 0.6) is 0 Å². The van der Waals surface area contributed by atoms with Crippen molar-refractivity contribution in [1.29, 1.82) is 5.26 Å². The first-order chi connectivity index (χ1) is 5.95. The first-order valence-electron chi connectivity index (χ1n) is 3.11. The normalized spacial score (nSPS) is 11.0. The van der Waals surface area contributed by atoms with Crippen molar-refractivity contribution in [3.8, 4) is 6.07 Å². The van der Waals surface area contributed by atoms with Gasteiger partial charge in [0.2, 0.25) is 0 Å². The van der Waals surface area contributed by atoms with Gasteiger partial charge in [-0.2, -0.15) is 18.4 Å². The average Bonchev–Trinajstić information content (AvgIpc) is 2.03. The molecule has 0 aliphatic rings. The molecule has 0 aliphatic carbocycles. The molecule has 1 rings (SSSR count). The van der Waals surface area contributed by atoms with Gasteiger partial charge in [-0.15, -0.1) is 12.6 Å². The maximum absolute atomic E-state index is 12.2. The summed E-state index contributed by atoms with van der Waals surface area (Å²) in [6, 6.07) is 2.19. The average molecular weight is 204 g/mol. The zero-order valence-corrected chi connectivity index (χ0v) is 7.02. The molecule has 13 heavy (non-hydrogen) atoms. The Hall–Kier alpha value is -1.22. The van der Waals surface area contributed by atoms with E-state index in [1.165, 1.54) is 6.07 Å². The zero-order valence-electron chi connectivity index (χ0n) is 6.13.